The van der Waals surface area contributed by atoms with Crippen LogP contribution >= 0.6 is 15.9 Å². The van der Waals surface area contributed by atoms with Crippen molar-refractivity contribution >= 4 is 21.6 Å². The molecule has 0 saturated heterocycles. The molecule has 0 saturated carbocycles. The lowest BCUT2D eigenvalue weighted by Crippen LogP contribution is -2.26. The van der Waals surface area contributed by atoms with Crippen LogP contribution in [0.4, 0.5) is 5.69 Å². The summed E-state index contributed by atoms with van der Waals surface area (Å²) in [5.41, 5.74) is 2.41. The summed E-state index contributed by atoms with van der Waals surface area (Å²) in [6.07, 6.45) is 0. The van der Waals surface area contributed by atoms with Crippen LogP contribution in [0.3, 0.4) is 0 Å². The van der Waals surface area contributed by atoms with Crippen LogP contribution in [0.25, 0.3) is 0 Å². The van der Waals surface area contributed by atoms with Gasteiger partial charge in [-0.1, -0.05) is 13.0 Å². The number of aliphatic hydroxyl groups excluding tert-OH is 1. The minimum Gasteiger partial charge on any atom is -0.395 e. The van der Waals surface area contributed by atoms with Crippen LogP contribution in [-0.2, 0) is 6.54 Å². The molecule has 0 radical (unpaired) electrons. The minimum absolute atomic E-state index is 0.180. The molecule has 0 spiro atoms. The van der Waals surface area contributed by atoms with Crippen LogP contribution in [-0.4, -0.2) is 31.3 Å². The van der Waals surface area contributed by atoms with E-state index in [-0.39, 0.29) is 6.61 Å². The molecular weight excluding hydrogens is 280 g/mol. The second-order valence-corrected chi connectivity index (χ2v) is 4.72. The van der Waals surface area contributed by atoms with Crippen LogP contribution in [0.2, 0.25) is 0 Å². The van der Waals surface area contributed by atoms with Crippen molar-refractivity contribution in [1.29, 1.82) is 0 Å². The fraction of sp³-hybridized carbons (Fsp3) is 0.538. The van der Waals surface area contributed by atoms with Crippen molar-refractivity contribution in [3.05, 3.63) is 28.2 Å². The molecule has 0 aliphatic carbocycles. The van der Waals surface area contributed by atoms with Gasteiger partial charge in [0.25, 0.3) is 0 Å². The largest absolute Gasteiger partial charge is 0.395 e. The molecule has 0 aliphatic rings. The normalized spacial score (nSPS) is 10.6. The molecule has 0 unspecified atom stereocenters. The summed E-state index contributed by atoms with van der Waals surface area (Å²) >= 11 is 3.60. The predicted molar refractivity (Wildman–Crippen MR) is 76.5 cm³/mol. The summed E-state index contributed by atoms with van der Waals surface area (Å²) in [5.74, 6) is 0. The Bertz CT molecular complexity index is 344. The number of halogens is 1. The molecule has 2 N–H and O–H groups in total. The van der Waals surface area contributed by atoms with Crippen molar-refractivity contribution in [3.8, 4) is 0 Å². The van der Waals surface area contributed by atoms with E-state index in [2.05, 4.69) is 58.2 Å². The van der Waals surface area contributed by atoms with Gasteiger partial charge < -0.3 is 15.3 Å². The van der Waals surface area contributed by atoms with Gasteiger partial charge in [-0.05, 0) is 47.1 Å². The first-order valence-electron chi connectivity index (χ1n) is 6.07. The molecule has 0 bridgehead atoms. The average molecular weight is 301 g/mol. The summed E-state index contributed by atoms with van der Waals surface area (Å²) in [6, 6.07) is 6.37. The number of anilines is 1. The van der Waals surface area contributed by atoms with Crippen LogP contribution in [0.15, 0.2) is 22.7 Å². The van der Waals surface area contributed by atoms with Gasteiger partial charge >= 0.3 is 0 Å². The summed E-state index contributed by atoms with van der Waals surface area (Å²) in [4.78, 5) is 2.15. The Hall–Kier alpha value is -0.580. The summed E-state index contributed by atoms with van der Waals surface area (Å²) in [5, 5.41) is 12.3. The fourth-order valence-corrected chi connectivity index (χ4v) is 2.43. The molecule has 0 aromatic heterocycles. The number of hydrogen-bond donors (Lipinski definition) is 2. The lowest BCUT2D eigenvalue weighted by molar-refractivity contribution is 0.302. The van der Waals surface area contributed by atoms with Crippen molar-refractivity contribution in [2.24, 2.45) is 0 Å². The molecule has 17 heavy (non-hydrogen) atoms. The van der Waals surface area contributed by atoms with Crippen LogP contribution in [0, 0.1) is 0 Å². The van der Waals surface area contributed by atoms with E-state index in [0.29, 0.717) is 6.54 Å². The SMILES string of the molecule is CCNCc1ccc(N(CC)CCO)c(Br)c1. The smallest absolute Gasteiger partial charge is 0.0606 e. The minimum atomic E-state index is 0.180. The Morgan fingerprint density at radius 3 is 2.65 bits per heavy atom. The summed E-state index contributed by atoms with van der Waals surface area (Å²) < 4.78 is 1.09. The van der Waals surface area contributed by atoms with E-state index in [0.717, 1.165) is 29.8 Å². The molecule has 0 atom stereocenters. The highest BCUT2D eigenvalue weighted by Crippen LogP contribution is 2.27. The Balaban J connectivity index is 2.80. The monoisotopic (exact) mass is 300 g/mol. The van der Waals surface area contributed by atoms with E-state index in [4.69, 9.17) is 5.11 Å². The Morgan fingerprint density at radius 1 is 1.35 bits per heavy atom. The number of aliphatic hydroxyl groups is 1. The number of nitrogens with one attached hydrogen (secondary N) is 1. The quantitative estimate of drug-likeness (QED) is 0.811. The lowest BCUT2D eigenvalue weighted by Gasteiger charge is -2.23. The van der Waals surface area contributed by atoms with Gasteiger partial charge in [0.15, 0.2) is 0 Å². The third-order valence-corrected chi connectivity index (χ3v) is 3.32. The van der Waals surface area contributed by atoms with Gasteiger partial charge in [0.2, 0.25) is 0 Å². The van der Waals surface area contributed by atoms with Crippen LogP contribution < -0.4 is 10.2 Å². The fourth-order valence-electron chi connectivity index (χ4n) is 1.76. The van der Waals surface area contributed by atoms with Gasteiger partial charge in [0.05, 0.1) is 12.3 Å². The third-order valence-electron chi connectivity index (χ3n) is 2.68. The highest BCUT2D eigenvalue weighted by molar-refractivity contribution is 9.10. The zero-order valence-electron chi connectivity index (χ0n) is 10.5. The van der Waals surface area contributed by atoms with E-state index in [1.165, 1.54) is 5.56 Å². The second kappa shape index (κ2) is 7.69. The van der Waals surface area contributed by atoms with Crippen molar-refractivity contribution < 1.29 is 5.11 Å². The van der Waals surface area contributed by atoms with E-state index < -0.39 is 0 Å². The first-order chi connectivity index (χ1) is 8.22. The number of likely N-dealkylation sites (N-methyl/N-ethyl adjacent to an activating group) is 1. The van der Waals surface area contributed by atoms with Crippen molar-refractivity contribution in [3.63, 3.8) is 0 Å². The van der Waals surface area contributed by atoms with Gasteiger partial charge in [-0.3, -0.25) is 0 Å². The maximum absolute atomic E-state index is 9.02. The second-order valence-electron chi connectivity index (χ2n) is 3.87. The van der Waals surface area contributed by atoms with Crippen molar-refractivity contribution in [2.75, 3.05) is 31.1 Å². The number of nitrogens with zero attached hydrogens (tertiary/aromatic N) is 1. The zero-order valence-corrected chi connectivity index (χ0v) is 12.1. The topological polar surface area (TPSA) is 35.5 Å². The number of rotatable bonds is 7. The number of benzene rings is 1. The van der Waals surface area contributed by atoms with Crippen LogP contribution in [0.5, 0.6) is 0 Å². The number of hydrogen-bond acceptors (Lipinski definition) is 3. The van der Waals surface area contributed by atoms with E-state index in [9.17, 15) is 0 Å². The Kier molecular flexibility index (Phi) is 6.55. The highest BCUT2D eigenvalue weighted by Gasteiger charge is 2.08. The van der Waals surface area contributed by atoms with Crippen LogP contribution in [0.1, 0.15) is 19.4 Å². The van der Waals surface area contributed by atoms with E-state index in [1.807, 2.05) is 0 Å². The molecule has 1 aromatic rings. The van der Waals surface area contributed by atoms with Crippen molar-refractivity contribution in [1.82, 2.24) is 5.32 Å². The molecule has 1 aromatic carbocycles. The third kappa shape index (κ3) is 4.30. The highest BCUT2D eigenvalue weighted by atomic mass is 79.9. The molecule has 1 rings (SSSR count). The van der Waals surface area contributed by atoms with Gasteiger partial charge in [-0.25, -0.2) is 0 Å². The predicted octanol–water partition coefficient (Wildman–Crippen LogP) is 2.38. The van der Waals surface area contributed by atoms with Gasteiger partial charge in [0.1, 0.15) is 0 Å². The van der Waals surface area contributed by atoms with E-state index >= 15 is 0 Å². The molecular formula is C13H21BrN2O. The van der Waals surface area contributed by atoms with Crippen molar-refractivity contribution in [2.45, 2.75) is 20.4 Å². The first kappa shape index (κ1) is 14.5. The maximum atomic E-state index is 9.02. The summed E-state index contributed by atoms with van der Waals surface area (Å²) in [6.45, 7) is 7.80. The Labute approximate surface area is 112 Å². The summed E-state index contributed by atoms with van der Waals surface area (Å²) in [7, 11) is 0. The molecule has 0 aliphatic heterocycles. The average Bonchev–Trinajstić information content (AvgIpc) is 2.34. The van der Waals surface area contributed by atoms with E-state index in [1.54, 1.807) is 0 Å². The first-order valence-corrected chi connectivity index (χ1v) is 6.87. The molecule has 0 heterocycles. The molecule has 4 heteroatoms. The molecule has 0 amide bonds. The lowest BCUT2D eigenvalue weighted by atomic mass is 10.2. The molecule has 0 fully saturated rings. The molecule has 96 valence electrons. The van der Waals surface area contributed by atoms with Gasteiger partial charge in [-0.15, -0.1) is 0 Å². The Morgan fingerprint density at radius 2 is 2.12 bits per heavy atom. The van der Waals surface area contributed by atoms with Gasteiger partial charge in [-0.2, -0.15) is 0 Å². The maximum Gasteiger partial charge on any atom is 0.0606 e. The zero-order chi connectivity index (χ0) is 12.7. The van der Waals surface area contributed by atoms with Gasteiger partial charge in [0, 0.05) is 24.1 Å². The molecule has 3 nitrogen and oxygen atoms in total. The standard InChI is InChI=1S/C13H21BrN2O/c1-3-15-10-11-5-6-13(12(14)9-11)16(4-2)7-8-17/h5-6,9,15,17H,3-4,7-8,10H2,1-2H3.